The summed E-state index contributed by atoms with van der Waals surface area (Å²) < 4.78 is 0. The molecule has 98 valence electrons. The molecule has 2 N–H and O–H groups in total. The molecule has 2 rings (SSSR count). The molecule has 1 aliphatic carbocycles. The second kappa shape index (κ2) is 6.25. The van der Waals surface area contributed by atoms with E-state index in [4.69, 9.17) is 0 Å². The topological polar surface area (TPSA) is 49.3 Å². The van der Waals surface area contributed by atoms with Crippen molar-refractivity contribution in [2.75, 3.05) is 5.75 Å². The maximum Gasteiger partial charge on any atom is 0.230 e. The molecule has 1 aliphatic rings. The highest BCUT2D eigenvalue weighted by molar-refractivity contribution is 8.00. The monoisotopic (exact) mass is 265 g/mol. The molecule has 1 saturated carbocycles. The van der Waals surface area contributed by atoms with Gasteiger partial charge in [0, 0.05) is 10.9 Å². The van der Waals surface area contributed by atoms with Crippen LogP contribution in [0.15, 0.2) is 29.2 Å². The van der Waals surface area contributed by atoms with Gasteiger partial charge in [0.15, 0.2) is 0 Å². The molecule has 1 aromatic carbocycles. The number of carbonyl (C=O) groups excluding carboxylic acids is 1. The maximum absolute atomic E-state index is 11.5. The third kappa shape index (κ3) is 4.03. The van der Waals surface area contributed by atoms with E-state index in [1.54, 1.807) is 0 Å². The van der Waals surface area contributed by atoms with E-state index in [0.29, 0.717) is 11.8 Å². The van der Waals surface area contributed by atoms with Crippen molar-refractivity contribution in [3.05, 3.63) is 29.8 Å². The van der Waals surface area contributed by atoms with Gasteiger partial charge in [0.05, 0.1) is 11.9 Å². The smallest absolute Gasteiger partial charge is 0.230 e. The number of aliphatic hydroxyl groups excluding tert-OH is 1. The fourth-order valence-electron chi connectivity index (χ4n) is 1.67. The first kappa shape index (κ1) is 13.4. The first-order valence-electron chi connectivity index (χ1n) is 6.39. The number of aliphatic hydroxyl groups is 1. The molecule has 18 heavy (non-hydrogen) atoms. The molecule has 1 atom stereocenters. The Morgan fingerprint density at radius 2 is 2.11 bits per heavy atom. The number of hydrogen-bond donors (Lipinski definition) is 2. The summed E-state index contributed by atoms with van der Waals surface area (Å²) in [4.78, 5) is 12.6. The molecule has 0 unspecified atom stereocenters. The van der Waals surface area contributed by atoms with Crippen molar-refractivity contribution < 1.29 is 9.90 Å². The second-order valence-electron chi connectivity index (χ2n) is 4.62. The van der Waals surface area contributed by atoms with Crippen molar-refractivity contribution in [3.63, 3.8) is 0 Å². The third-order valence-corrected chi connectivity index (χ3v) is 3.98. The van der Waals surface area contributed by atoms with Gasteiger partial charge in [-0.05, 0) is 37.0 Å². The molecule has 0 spiro atoms. The minimum absolute atomic E-state index is 0.111. The molecule has 3 nitrogen and oxygen atoms in total. The quantitative estimate of drug-likeness (QED) is 0.777. The van der Waals surface area contributed by atoms with Gasteiger partial charge in [0.1, 0.15) is 0 Å². The Morgan fingerprint density at radius 1 is 1.44 bits per heavy atom. The first-order valence-corrected chi connectivity index (χ1v) is 7.37. The molecule has 0 aliphatic heterocycles. The van der Waals surface area contributed by atoms with Gasteiger partial charge in [-0.25, -0.2) is 0 Å². The van der Waals surface area contributed by atoms with Gasteiger partial charge in [-0.15, -0.1) is 11.8 Å². The summed E-state index contributed by atoms with van der Waals surface area (Å²) in [7, 11) is 0. The molecule has 1 amide bonds. The standard InChI is InChI=1S/C14H19NO2S/c1-2-13(16)10-3-7-12(8-4-10)18-9-14(17)15-11-5-6-11/h3-4,7-8,11,13,16H,2,5-6,9H2,1H3,(H,15,17)/t13-/m1/s1. The summed E-state index contributed by atoms with van der Waals surface area (Å²) in [5.74, 6) is 0.576. The molecule has 0 radical (unpaired) electrons. The largest absolute Gasteiger partial charge is 0.388 e. The first-order chi connectivity index (χ1) is 8.69. The highest BCUT2D eigenvalue weighted by atomic mass is 32.2. The lowest BCUT2D eigenvalue weighted by Crippen LogP contribution is -2.26. The molecule has 0 aromatic heterocycles. The predicted molar refractivity (Wildman–Crippen MR) is 73.6 cm³/mol. The van der Waals surface area contributed by atoms with E-state index in [9.17, 15) is 9.90 Å². The Labute approximate surface area is 112 Å². The van der Waals surface area contributed by atoms with Crippen LogP contribution in [-0.2, 0) is 4.79 Å². The van der Waals surface area contributed by atoms with Crippen LogP contribution in [-0.4, -0.2) is 22.8 Å². The average Bonchev–Trinajstić information content (AvgIpc) is 3.20. The Balaban J connectivity index is 1.80. The van der Waals surface area contributed by atoms with Gasteiger partial charge in [-0.3, -0.25) is 4.79 Å². The maximum atomic E-state index is 11.5. The van der Waals surface area contributed by atoms with Crippen molar-refractivity contribution in [1.82, 2.24) is 5.32 Å². The lowest BCUT2D eigenvalue weighted by atomic mass is 10.1. The molecule has 4 heteroatoms. The molecular formula is C14H19NO2S. The number of amides is 1. The van der Waals surface area contributed by atoms with Crippen LogP contribution < -0.4 is 5.32 Å². The highest BCUT2D eigenvalue weighted by Crippen LogP contribution is 2.23. The average molecular weight is 265 g/mol. The number of hydrogen-bond acceptors (Lipinski definition) is 3. The Morgan fingerprint density at radius 3 is 2.67 bits per heavy atom. The van der Waals surface area contributed by atoms with Crippen molar-refractivity contribution in [1.29, 1.82) is 0 Å². The predicted octanol–water partition coefficient (Wildman–Crippen LogP) is 2.50. The summed E-state index contributed by atoms with van der Waals surface area (Å²) in [5, 5.41) is 12.6. The van der Waals surface area contributed by atoms with Gasteiger partial charge in [0.2, 0.25) is 5.91 Å². The molecule has 0 saturated heterocycles. The summed E-state index contributed by atoms with van der Waals surface area (Å²) >= 11 is 1.53. The number of carbonyl (C=O) groups is 1. The zero-order chi connectivity index (χ0) is 13.0. The second-order valence-corrected chi connectivity index (χ2v) is 5.67. The van der Waals surface area contributed by atoms with Gasteiger partial charge >= 0.3 is 0 Å². The lowest BCUT2D eigenvalue weighted by molar-refractivity contribution is -0.118. The van der Waals surface area contributed by atoms with Crippen LogP contribution >= 0.6 is 11.8 Å². The van der Waals surface area contributed by atoms with Gasteiger partial charge in [0.25, 0.3) is 0 Å². The highest BCUT2D eigenvalue weighted by Gasteiger charge is 2.22. The van der Waals surface area contributed by atoms with Crippen LogP contribution in [0.25, 0.3) is 0 Å². The minimum Gasteiger partial charge on any atom is -0.388 e. The summed E-state index contributed by atoms with van der Waals surface area (Å²) in [6.07, 6.45) is 2.58. The van der Waals surface area contributed by atoms with Crippen LogP contribution in [0.1, 0.15) is 37.9 Å². The van der Waals surface area contributed by atoms with Crippen molar-refractivity contribution in [3.8, 4) is 0 Å². The lowest BCUT2D eigenvalue weighted by Gasteiger charge is -2.08. The summed E-state index contributed by atoms with van der Waals surface area (Å²) in [6.45, 7) is 1.95. The Bertz CT molecular complexity index is 401. The Kier molecular flexibility index (Phi) is 4.66. The minimum atomic E-state index is -0.387. The zero-order valence-electron chi connectivity index (χ0n) is 10.6. The van der Waals surface area contributed by atoms with E-state index in [-0.39, 0.29) is 12.0 Å². The van der Waals surface area contributed by atoms with Crippen LogP contribution in [0.5, 0.6) is 0 Å². The number of thioether (sulfide) groups is 1. The van der Waals surface area contributed by atoms with E-state index < -0.39 is 0 Å². The number of benzene rings is 1. The van der Waals surface area contributed by atoms with Gasteiger partial charge < -0.3 is 10.4 Å². The summed E-state index contributed by atoms with van der Waals surface area (Å²) in [5.41, 5.74) is 0.935. The van der Waals surface area contributed by atoms with E-state index in [0.717, 1.165) is 29.7 Å². The molecule has 0 heterocycles. The zero-order valence-corrected chi connectivity index (χ0v) is 11.4. The third-order valence-electron chi connectivity index (χ3n) is 2.96. The van der Waals surface area contributed by atoms with E-state index >= 15 is 0 Å². The van der Waals surface area contributed by atoms with Crippen LogP contribution in [0.2, 0.25) is 0 Å². The fourth-order valence-corrected chi connectivity index (χ4v) is 2.38. The Hall–Kier alpha value is -1.00. The molecule has 0 bridgehead atoms. The van der Waals surface area contributed by atoms with Gasteiger partial charge in [-0.2, -0.15) is 0 Å². The molecule has 1 fully saturated rings. The van der Waals surface area contributed by atoms with Crippen LogP contribution in [0, 0.1) is 0 Å². The van der Waals surface area contributed by atoms with E-state index in [1.807, 2.05) is 31.2 Å². The number of rotatable bonds is 6. The normalized spacial score (nSPS) is 16.3. The van der Waals surface area contributed by atoms with E-state index in [2.05, 4.69) is 5.32 Å². The number of nitrogens with one attached hydrogen (secondary N) is 1. The molecule has 1 aromatic rings. The van der Waals surface area contributed by atoms with Crippen molar-refractivity contribution >= 4 is 17.7 Å². The van der Waals surface area contributed by atoms with Crippen molar-refractivity contribution in [2.45, 2.75) is 43.2 Å². The summed E-state index contributed by atoms with van der Waals surface area (Å²) in [6, 6.07) is 8.21. The van der Waals surface area contributed by atoms with E-state index in [1.165, 1.54) is 11.8 Å². The van der Waals surface area contributed by atoms with Crippen LogP contribution in [0.3, 0.4) is 0 Å². The van der Waals surface area contributed by atoms with Crippen molar-refractivity contribution in [2.24, 2.45) is 0 Å². The van der Waals surface area contributed by atoms with Gasteiger partial charge in [-0.1, -0.05) is 19.1 Å². The van der Waals surface area contributed by atoms with Crippen LogP contribution in [0.4, 0.5) is 0 Å². The molecular weight excluding hydrogens is 246 g/mol. The SMILES string of the molecule is CC[C@@H](O)c1ccc(SCC(=O)NC2CC2)cc1. The fraction of sp³-hybridized carbons (Fsp3) is 0.500.